The Balaban J connectivity index is 1.62. The highest BCUT2D eigenvalue weighted by atomic mass is 32.3. The van der Waals surface area contributed by atoms with Gasteiger partial charge >= 0.3 is 21.0 Å². The highest BCUT2D eigenvalue weighted by molar-refractivity contribution is 7.82. The van der Waals surface area contributed by atoms with Crippen LogP contribution in [0.3, 0.4) is 0 Å². The van der Waals surface area contributed by atoms with Crippen molar-refractivity contribution in [1.82, 2.24) is 0 Å². The number of fused-ring (bicyclic) bond motifs is 1. The number of halogens is 2. The Kier molecular flexibility index (Phi) is 6.30. The van der Waals surface area contributed by atoms with Gasteiger partial charge in [-0.1, -0.05) is 26.0 Å². The highest BCUT2D eigenvalue weighted by Crippen LogP contribution is 2.32. The van der Waals surface area contributed by atoms with Gasteiger partial charge < -0.3 is 22.3 Å². The molecule has 0 unspecified atom stereocenters. The monoisotopic (exact) mass is 512 g/mol. The van der Waals surface area contributed by atoms with Crippen molar-refractivity contribution in [2.24, 2.45) is 0 Å². The molecule has 0 fully saturated rings. The SMILES string of the molecule is O=S(=O)(F)Oc1ccc(OC(Oc2ccc(OS(=O)(=O)F)cc2)c2cccc3cocc23)cc1. The fraction of sp³-hybridized carbons (Fsp3) is 0.0476. The van der Waals surface area contributed by atoms with Crippen LogP contribution in [-0.4, -0.2) is 16.8 Å². The Morgan fingerprint density at radius 2 is 1.12 bits per heavy atom. The van der Waals surface area contributed by atoms with Gasteiger partial charge in [0.2, 0.25) is 0 Å². The van der Waals surface area contributed by atoms with E-state index in [1.54, 1.807) is 12.1 Å². The van der Waals surface area contributed by atoms with Crippen LogP contribution in [0, 0.1) is 0 Å². The Morgan fingerprint density at radius 3 is 1.59 bits per heavy atom. The number of hydrogen-bond donors (Lipinski definition) is 0. The summed E-state index contributed by atoms with van der Waals surface area (Å²) in [4.78, 5) is 0. The number of rotatable bonds is 9. The number of furan rings is 1. The lowest BCUT2D eigenvalue weighted by Crippen LogP contribution is -2.15. The molecule has 4 aromatic rings. The van der Waals surface area contributed by atoms with Gasteiger partial charge in [0.1, 0.15) is 23.0 Å². The first kappa shape index (κ1) is 23.3. The summed E-state index contributed by atoms with van der Waals surface area (Å²) in [7, 11) is -10.4. The van der Waals surface area contributed by atoms with E-state index in [9.17, 15) is 24.6 Å². The molecular weight excluding hydrogens is 498 g/mol. The summed E-state index contributed by atoms with van der Waals surface area (Å²) in [6.45, 7) is 0. The van der Waals surface area contributed by atoms with Crippen molar-refractivity contribution in [1.29, 1.82) is 0 Å². The summed E-state index contributed by atoms with van der Waals surface area (Å²) in [5, 5.41) is 1.45. The minimum atomic E-state index is -5.18. The van der Waals surface area contributed by atoms with E-state index >= 15 is 0 Å². The molecule has 3 aromatic carbocycles. The van der Waals surface area contributed by atoms with Gasteiger partial charge in [0.05, 0.1) is 12.5 Å². The lowest BCUT2D eigenvalue weighted by molar-refractivity contribution is 0.00493. The number of ether oxygens (including phenoxy) is 2. The Hall–Kier alpha value is -3.84. The topological polar surface area (TPSA) is 118 Å². The minimum absolute atomic E-state index is 0.220. The second-order valence-corrected chi connectivity index (χ2v) is 8.59. The lowest BCUT2D eigenvalue weighted by atomic mass is 10.1. The maximum absolute atomic E-state index is 12.7. The lowest BCUT2D eigenvalue weighted by Gasteiger charge is -2.21. The van der Waals surface area contributed by atoms with Gasteiger partial charge in [-0.15, -0.1) is 0 Å². The largest absolute Gasteiger partial charge is 0.488 e. The summed E-state index contributed by atoms with van der Waals surface area (Å²) < 4.78 is 93.4. The van der Waals surface area contributed by atoms with Gasteiger partial charge in [-0.2, -0.15) is 16.8 Å². The molecule has 178 valence electrons. The molecule has 1 heterocycles. The second kappa shape index (κ2) is 9.19. The molecule has 0 bridgehead atoms. The Labute approximate surface area is 192 Å². The van der Waals surface area contributed by atoms with Gasteiger partial charge in [-0.05, 0) is 48.5 Å². The molecule has 13 heteroatoms. The van der Waals surface area contributed by atoms with E-state index in [1.165, 1.54) is 61.1 Å². The third-order valence-electron chi connectivity index (χ3n) is 4.33. The van der Waals surface area contributed by atoms with E-state index in [0.29, 0.717) is 10.9 Å². The first-order chi connectivity index (χ1) is 16.1. The zero-order valence-corrected chi connectivity index (χ0v) is 18.5. The van der Waals surface area contributed by atoms with Crippen LogP contribution in [0.25, 0.3) is 10.8 Å². The molecule has 0 aliphatic heterocycles. The second-order valence-electron chi connectivity index (χ2n) is 6.69. The van der Waals surface area contributed by atoms with Crippen molar-refractivity contribution in [3.05, 3.63) is 84.8 Å². The molecule has 0 saturated carbocycles. The summed E-state index contributed by atoms with van der Waals surface area (Å²) in [5.41, 5.74) is 0.560. The maximum Gasteiger partial charge on any atom is 0.488 e. The third kappa shape index (κ3) is 6.14. The quantitative estimate of drug-likeness (QED) is 0.231. The molecule has 0 radical (unpaired) electrons. The summed E-state index contributed by atoms with van der Waals surface area (Å²) in [6.07, 6.45) is 1.95. The summed E-state index contributed by atoms with van der Waals surface area (Å²) >= 11 is 0. The van der Waals surface area contributed by atoms with Crippen LogP contribution in [0.1, 0.15) is 11.9 Å². The predicted molar refractivity (Wildman–Crippen MR) is 114 cm³/mol. The molecule has 0 amide bonds. The molecule has 0 aliphatic rings. The van der Waals surface area contributed by atoms with E-state index in [1.807, 2.05) is 6.07 Å². The standard InChI is InChI=1S/C21H14F2O9S2/c22-33(24,25)31-17-8-4-15(5-9-17)29-21(19-3-1-2-14-12-28-13-20(14)19)30-16-6-10-18(11-7-16)32-34(23,26)27/h1-13,21H. The fourth-order valence-electron chi connectivity index (χ4n) is 3.00. The van der Waals surface area contributed by atoms with E-state index < -0.39 is 27.3 Å². The fourth-order valence-corrected chi connectivity index (χ4v) is 3.68. The van der Waals surface area contributed by atoms with E-state index in [2.05, 4.69) is 8.37 Å². The average Bonchev–Trinajstić information content (AvgIpc) is 3.23. The van der Waals surface area contributed by atoms with Gasteiger partial charge in [0.15, 0.2) is 0 Å². The van der Waals surface area contributed by atoms with Crippen LogP contribution in [0.4, 0.5) is 7.77 Å². The Morgan fingerprint density at radius 1 is 0.647 bits per heavy atom. The first-order valence-corrected chi connectivity index (χ1v) is 11.9. The predicted octanol–water partition coefficient (Wildman–Crippen LogP) is 4.78. The summed E-state index contributed by atoms with van der Waals surface area (Å²) in [6, 6.07) is 15.4. The molecule has 4 rings (SSSR count). The smallest absolute Gasteiger partial charge is 0.471 e. The van der Waals surface area contributed by atoms with Crippen molar-refractivity contribution in [3.8, 4) is 23.0 Å². The molecule has 9 nitrogen and oxygen atoms in total. The molecule has 0 spiro atoms. The maximum atomic E-state index is 12.7. The van der Waals surface area contributed by atoms with Crippen LogP contribution in [0.15, 0.2) is 83.7 Å². The van der Waals surface area contributed by atoms with Crippen molar-refractivity contribution >= 4 is 31.8 Å². The summed E-state index contributed by atoms with van der Waals surface area (Å²) in [5.74, 6) is -0.0829. The normalized spacial score (nSPS) is 12.0. The van der Waals surface area contributed by atoms with E-state index in [0.717, 1.165) is 5.39 Å². The van der Waals surface area contributed by atoms with Crippen LogP contribution in [-0.2, 0) is 21.0 Å². The molecular formula is C21H14F2O9S2. The van der Waals surface area contributed by atoms with Crippen LogP contribution >= 0.6 is 0 Å². The van der Waals surface area contributed by atoms with Gasteiger partial charge in [-0.25, -0.2) is 0 Å². The molecule has 0 N–H and O–H groups in total. The highest BCUT2D eigenvalue weighted by Gasteiger charge is 2.20. The molecule has 34 heavy (non-hydrogen) atoms. The third-order valence-corrected chi connectivity index (χ3v) is 5.12. The van der Waals surface area contributed by atoms with Gasteiger partial charge in [-0.3, -0.25) is 0 Å². The molecule has 0 saturated heterocycles. The van der Waals surface area contributed by atoms with Crippen molar-refractivity contribution in [2.75, 3.05) is 0 Å². The van der Waals surface area contributed by atoms with E-state index in [4.69, 9.17) is 13.9 Å². The number of hydrogen-bond acceptors (Lipinski definition) is 9. The average molecular weight is 512 g/mol. The molecule has 0 atom stereocenters. The van der Waals surface area contributed by atoms with Crippen molar-refractivity contribution in [3.63, 3.8) is 0 Å². The van der Waals surface area contributed by atoms with Gasteiger partial charge in [0.25, 0.3) is 6.29 Å². The van der Waals surface area contributed by atoms with Crippen molar-refractivity contribution in [2.45, 2.75) is 6.29 Å². The Bertz CT molecular complexity index is 1420. The van der Waals surface area contributed by atoms with Crippen LogP contribution < -0.4 is 17.8 Å². The number of benzene rings is 3. The zero-order valence-electron chi connectivity index (χ0n) is 16.8. The van der Waals surface area contributed by atoms with Gasteiger partial charge in [0, 0.05) is 16.3 Å². The molecule has 0 aliphatic carbocycles. The van der Waals surface area contributed by atoms with Crippen molar-refractivity contribution < 1.29 is 46.9 Å². The molecule has 1 aromatic heterocycles. The van der Waals surface area contributed by atoms with Crippen LogP contribution in [0.5, 0.6) is 23.0 Å². The first-order valence-electron chi connectivity index (χ1n) is 9.32. The minimum Gasteiger partial charge on any atom is -0.471 e. The van der Waals surface area contributed by atoms with Crippen LogP contribution in [0.2, 0.25) is 0 Å². The zero-order chi connectivity index (χ0) is 24.3. The van der Waals surface area contributed by atoms with E-state index in [-0.39, 0.29) is 23.0 Å².